The number of benzene rings is 1. The van der Waals surface area contributed by atoms with Crippen LogP contribution in [0.15, 0.2) is 24.5 Å². The molecule has 1 amide bonds. The number of nitrogen functional groups attached to an aromatic ring is 1. The van der Waals surface area contributed by atoms with Gasteiger partial charge in [0.05, 0.1) is 11.3 Å². The van der Waals surface area contributed by atoms with E-state index >= 15 is 0 Å². The van der Waals surface area contributed by atoms with Crippen molar-refractivity contribution in [1.82, 2.24) is 20.1 Å². The Morgan fingerprint density at radius 1 is 1.45 bits per heavy atom. The van der Waals surface area contributed by atoms with E-state index in [1.165, 1.54) is 0 Å². The Labute approximate surface area is 117 Å². The number of nitrogens with zero attached hydrogens (tertiary/aromatic N) is 3. The van der Waals surface area contributed by atoms with E-state index in [0.717, 1.165) is 5.56 Å². The number of carbonyl (C=O) groups excluding carboxylic acids is 1. The second-order valence-corrected chi connectivity index (χ2v) is 4.53. The molecule has 0 radical (unpaired) electrons. The number of carbonyl (C=O) groups is 1. The average molecular weight is 274 g/mol. The van der Waals surface area contributed by atoms with Crippen LogP contribution in [0, 0.1) is 6.92 Å². The third-order valence-corrected chi connectivity index (χ3v) is 2.86. The van der Waals surface area contributed by atoms with Crippen LogP contribution in [0.1, 0.15) is 21.7 Å². The molecule has 0 unspecified atom stereocenters. The number of rotatable bonds is 5. The SMILES string of the molecule is Cc1ccc(C(=O)NCCc2ncn(C)n2)c(NN)c1. The minimum absolute atomic E-state index is 0.172. The summed E-state index contributed by atoms with van der Waals surface area (Å²) in [7, 11) is 1.81. The van der Waals surface area contributed by atoms with Gasteiger partial charge < -0.3 is 10.7 Å². The quantitative estimate of drug-likeness (QED) is 0.541. The number of nitrogens with two attached hydrogens (primary N) is 1. The first-order valence-corrected chi connectivity index (χ1v) is 6.30. The minimum atomic E-state index is -0.172. The lowest BCUT2D eigenvalue weighted by atomic mass is 10.1. The average Bonchev–Trinajstić information content (AvgIpc) is 2.84. The molecule has 0 aliphatic carbocycles. The summed E-state index contributed by atoms with van der Waals surface area (Å²) < 4.78 is 1.63. The highest BCUT2D eigenvalue weighted by Gasteiger charge is 2.10. The first-order chi connectivity index (χ1) is 9.60. The van der Waals surface area contributed by atoms with Gasteiger partial charge in [0.15, 0.2) is 5.82 Å². The number of aromatic nitrogens is 3. The highest BCUT2D eigenvalue weighted by Crippen LogP contribution is 2.16. The maximum absolute atomic E-state index is 12.1. The van der Waals surface area contributed by atoms with E-state index in [1.54, 1.807) is 24.1 Å². The van der Waals surface area contributed by atoms with E-state index in [4.69, 9.17) is 5.84 Å². The van der Waals surface area contributed by atoms with E-state index in [2.05, 4.69) is 20.8 Å². The van der Waals surface area contributed by atoms with Gasteiger partial charge in [0, 0.05) is 20.0 Å². The van der Waals surface area contributed by atoms with Crippen LogP contribution in [0.4, 0.5) is 5.69 Å². The molecule has 0 saturated carbocycles. The molecule has 0 saturated heterocycles. The van der Waals surface area contributed by atoms with Crippen molar-refractivity contribution in [3.8, 4) is 0 Å². The van der Waals surface area contributed by atoms with Crippen molar-refractivity contribution in [3.63, 3.8) is 0 Å². The number of hydrogen-bond donors (Lipinski definition) is 3. The van der Waals surface area contributed by atoms with Crippen LogP contribution in [-0.4, -0.2) is 27.2 Å². The van der Waals surface area contributed by atoms with Crippen LogP contribution in [0.3, 0.4) is 0 Å². The van der Waals surface area contributed by atoms with Crippen LogP contribution < -0.4 is 16.6 Å². The fourth-order valence-electron chi connectivity index (χ4n) is 1.86. The summed E-state index contributed by atoms with van der Waals surface area (Å²) in [5, 5.41) is 6.97. The molecule has 0 bridgehead atoms. The first-order valence-electron chi connectivity index (χ1n) is 6.30. The van der Waals surface area contributed by atoms with E-state index in [1.807, 2.05) is 19.1 Å². The van der Waals surface area contributed by atoms with Crippen molar-refractivity contribution >= 4 is 11.6 Å². The first kappa shape index (κ1) is 14.0. The standard InChI is InChI=1S/C13H18N6O/c1-9-3-4-10(11(7-9)17-14)13(20)15-6-5-12-16-8-19(2)18-12/h3-4,7-8,17H,5-6,14H2,1-2H3,(H,15,20). The third kappa shape index (κ3) is 3.33. The smallest absolute Gasteiger partial charge is 0.253 e. The fraction of sp³-hybridized carbons (Fsp3) is 0.308. The zero-order valence-electron chi connectivity index (χ0n) is 11.6. The summed E-state index contributed by atoms with van der Waals surface area (Å²) in [6.45, 7) is 2.41. The maximum Gasteiger partial charge on any atom is 0.253 e. The van der Waals surface area contributed by atoms with Crippen molar-refractivity contribution in [3.05, 3.63) is 41.5 Å². The summed E-state index contributed by atoms with van der Waals surface area (Å²) in [6, 6.07) is 5.45. The lowest BCUT2D eigenvalue weighted by Crippen LogP contribution is -2.27. The predicted molar refractivity (Wildman–Crippen MR) is 76.0 cm³/mol. The molecule has 0 fully saturated rings. The zero-order chi connectivity index (χ0) is 14.5. The molecule has 7 heteroatoms. The van der Waals surface area contributed by atoms with Gasteiger partial charge >= 0.3 is 0 Å². The summed E-state index contributed by atoms with van der Waals surface area (Å²) in [5.74, 6) is 5.96. The highest BCUT2D eigenvalue weighted by atomic mass is 16.1. The molecule has 0 spiro atoms. The molecule has 2 rings (SSSR count). The van der Waals surface area contributed by atoms with Gasteiger partial charge in [-0.05, 0) is 24.6 Å². The lowest BCUT2D eigenvalue weighted by molar-refractivity contribution is 0.0955. The van der Waals surface area contributed by atoms with Crippen molar-refractivity contribution < 1.29 is 4.79 Å². The fourth-order valence-corrected chi connectivity index (χ4v) is 1.86. The second kappa shape index (κ2) is 6.16. The lowest BCUT2D eigenvalue weighted by Gasteiger charge is -2.10. The van der Waals surface area contributed by atoms with Gasteiger partial charge in [0.2, 0.25) is 0 Å². The normalized spacial score (nSPS) is 10.3. The van der Waals surface area contributed by atoms with E-state index in [-0.39, 0.29) is 5.91 Å². The predicted octanol–water partition coefficient (Wildman–Crippen LogP) is 0.382. The van der Waals surface area contributed by atoms with E-state index in [9.17, 15) is 4.79 Å². The van der Waals surface area contributed by atoms with Crippen LogP contribution in [0.2, 0.25) is 0 Å². The molecular weight excluding hydrogens is 256 g/mol. The second-order valence-electron chi connectivity index (χ2n) is 4.53. The number of hydrazine groups is 1. The minimum Gasteiger partial charge on any atom is -0.352 e. The highest BCUT2D eigenvalue weighted by molar-refractivity contribution is 5.99. The van der Waals surface area contributed by atoms with Crippen molar-refractivity contribution in [2.24, 2.45) is 12.9 Å². The van der Waals surface area contributed by atoms with Gasteiger partial charge in [0.25, 0.3) is 5.91 Å². The van der Waals surface area contributed by atoms with Gasteiger partial charge in [-0.1, -0.05) is 6.07 Å². The Morgan fingerprint density at radius 3 is 2.90 bits per heavy atom. The van der Waals surface area contributed by atoms with Crippen molar-refractivity contribution in [2.75, 3.05) is 12.0 Å². The summed E-state index contributed by atoms with van der Waals surface area (Å²) >= 11 is 0. The van der Waals surface area contributed by atoms with Gasteiger partial charge in [-0.3, -0.25) is 15.3 Å². The molecule has 1 heterocycles. The molecule has 106 valence electrons. The summed E-state index contributed by atoms with van der Waals surface area (Å²) in [4.78, 5) is 16.2. The topological polar surface area (TPSA) is 97.9 Å². The van der Waals surface area contributed by atoms with Gasteiger partial charge in [-0.2, -0.15) is 5.10 Å². The Hall–Kier alpha value is -2.41. The molecule has 0 aliphatic rings. The Morgan fingerprint density at radius 2 is 2.25 bits per heavy atom. The summed E-state index contributed by atoms with van der Waals surface area (Å²) in [6.07, 6.45) is 2.22. The molecule has 2 aromatic rings. The van der Waals surface area contributed by atoms with Crippen LogP contribution >= 0.6 is 0 Å². The third-order valence-electron chi connectivity index (χ3n) is 2.86. The Balaban J connectivity index is 1.95. The molecule has 0 aliphatic heterocycles. The molecule has 20 heavy (non-hydrogen) atoms. The number of amides is 1. The van der Waals surface area contributed by atoms with Crippen molar-refractivity contribution in [2.45, 2.75) is 13.3 Å². The number of hydrogen-bond acceptors (Lipinski definition) is 5. The number of anilines is 1. The maximum atomic E-state index is 12.1. The molecule has 0 atom stereocenters. The monoisotopic (exact) mass is 274 g/mol. The number of aryl methyl sites for hydroxylation is 2. The molecule has 7 nitrogen and oxygen atoms in total. The van der Waals surface area contributed by atoms with E-state index in [0.29, 0.717) is 30.0 Å². The largest absolute Gasteiger partial charge is 0.352 e. The zero-order valence-corrected chi connectivity index (χ0v) is 11.6. The molecule has 1 aromatic carbocycles. The summed E-state index contributed by atoms with van der Waals surface area (Å²) in [5.41, 5.74) is 4.70. The van der Waals surface area contributed by atoms with Crippen molar-refractivity contribution in [1.29, 1.82) is 0 Å². The van der Waals surface area contributed by atoms with Crippen LogP contribution in [0.25, 0.3) is 0 Å². The van der Waals surface area contributed by atoms with Crippen LogP contribution in [-0.2, 0) is 13.5 Å². The van der Waals surface area contributed by atoms with Gasteiger partial charge in [-0.15, -0.1) is 0 Å². The molecule has 4 N–H and O–H groups in total. The number of nitrogens with one attached hydrogen (secondary N) is 2. The van der Waals surface area contributed by atoms with Crippen LogP contribution in [0.5, 0.6) is 0 Å². The molecule has 1 aromatic heterocycles. The van der Waals surface area contributed by atoms with E-state index < -0.39 is 0 Å². The molecular formula is C13H18N6O. The van der Waals surface area contributed by atoms with Gasteiger partial charge in [-0.25, -0.2) is 4.98 Å². The van der Waals surface area contributed by atoms with Gasteiger partial charge in [0.1, 0.15) is 6.33 Å². The Bertz CT molecular complexity index is 607. The Kier molecular flexibility index (Phi) is 4.31.